The van der Waals surface area contributed by atoms with E-state index in [-0.39, 0.29) is 11.4 Å². The lowest BCUT2D eigenvalue weighted by atomic mass is 9.60. The first-order chi connectivity index (χ1) is 14.5. The van der Waals surface area contributed by atoms with Crippen LogP contribution in [-0.2, 0) is 26.2 Å². The van der Waals surface area contributed by atoms with Gasteiger partial charge in [0, 0.05) is 17.1 Å². The molecular weight excluding hydrogens is 398 g/mol. The number of anilines is 1. The highest BCUT2D eigenvalue weighted by molar-refractivity contribution is 6.30. The number of ether oxygens (including phenoxy) is 1. The van der Waals surface area contributed by atoms with Crippen molar-refractivity contribution in [3.8, 4) is 0 Å². The van der Waals surface area contributed by atoms with Crippen LogP contribution < -0.4 is 5.32 Å². The van der Waals surface area contributed by atoms with Gasteiger partial charge in [0.25, 0.3) is 0 Å². The zero-order chi connectivity index (χ0) is 21.2. The maximum absolute atomic E-state index is 12.9. The zero-order valence-electron chi connectivity index (χ0n) is 17.3. The maximum atomic E-state index is 12.9. The Morgan fingerprint density at radius 1 is 1.17 bits per heavy atom. The number of halogens is 1. The van der Waals surface area contributed by atoms with Gasteiger partial charge in [0.1, 0.15) is 11.8 Å². The SMILES string of the molecule is COC(=O)C1(Nc2cccc(Cl)c2)CCC2(CC1)c1ccccc1CC2CCC=O. The fraction of sp³-hybridized carbons (Fsp3) is 0.440. The van der Waals surface area contributed by atoms with Crippen LogP contribution in [0.4, 0.5) is 5.69 Å². The van der Waals surface area contributed by atoms with E-state index in [0.29, 0.717) is 30.2 Å². The minimum Gasteiger partial charge on any atom is -0.467 e. The number of esters is 1. The first-order valence-corrected chi connectivity index (χ1v) is 11.0. The standard InChI is InChI=1S/C25H28ClNO3/c1-30-23(29)25(27-21-9-4-8-20(26)17-21)13-11-24(12-14-25)19(7-5-15-28)16-18-6-2-3-10-22(18)24/h2-4,6,8-10,15,17,19,27H,5,7,11-14,16H2,1H3. The fourth-order valence-electron chi connectivity index (χ4n) is 5.73. The average Bonchev–Trinajstić information content (AvgIpc) is 3.06. The third-order valence-electron chi connectivity index (χ3n) is 7.21. The molecule has 0 bridgehead atoms. The van der Waals surface area contributed by atoms with Crippen LogP contribution in [0.1, 0.15) is 49.7 Å². The normalized spacial score (nSPS) is 27.5. The number of carbonyl (C=O) groups is 2. The Morgan fingerprint density at radius 2 is 1.93 bits per heavy atom. The van der Waals surface area contributed by atoms with Crippen molar-refractivity contribution >= 4 is 29.5 Å². The summed E-state index contributed by atoms with van der Waals surface area (Å²) in [7, 11) is 1.45. The quantitative estimate of drug-likeness (QED) is 0.502. The second kappa shape index (κ2) is 8.43. The van der Waals surface area contributed by atoms with Gasteiger partial charge in [-0.2, -0.15) is 0 Å². The third-order valence-corrected chi connectivity index (χ3v) is 7.45. The van der Waals surface area contributed by atoms with Crippen molar-refractivity contribution in [1.29, 1.82) is 0 Å². The number of hydrogen-bond donors (Lipinski definition) is 1. The van der Waals surface area contributed by atoms with Crippen LogP contribution in [0.25, 0.3) is 0 Å². The summed E-state index contributed by atoms with van der Waals surface area (Å²) in [5.41, 5.74) is 2.88. The van der Waals surface area contributed by atoms with Gasteiger partial charge in [0.2, 0.25) is 0 Å². The Balaban J connectivity index is 1.64. The van der Waals surface area contributed by atoms with Gasteiger partial charge in [-0.25, -0.2) is 4.79 Å². The van der Waals surface area contributed by atoms with Crippen LogP contribution in [0.15, 0.2) is 48.5 Å². The Kier molecular flexibility index (Phi) is 5.88. The van der Waals surface area contributed by atoms with Gasteiger partial charge < -0.3 is 14.8 Å². The number of aldehydes is 1. The Labute approximate surface area is 183 Å². The van der Waals surface area contributed by atoms with Crippen molar-refractivity contribution in [2.45, 2.75) is 55.9 Å². The molecule has 4 rings (SSSR count). The number of carbonyl (C=O) groups excluding carboxylic acids is 2. The smallest absolute Gasteiger partial charge is 0.331 e. The van der Waals surface area contributed by atoms with Crippen molar-refractivity contribution in [3.63, 3.8) is 0 Å². The molecule has 1 saturated carbocycles. The molecule has 0 aromatic heterocycles. The van der Waals surface area contributed by atoms with E-state index < -0.39 is 5.54 Å². The van der Waals surface area contributed by atoms with Crippen LogP contribution in [0.5, 0.6) is 0 Å². The highest BCUT2D eigenvalue weighted by atomic mass is 35.5. The van der Waals surface area contributed by atoms with Crippen molar-refractivity contribution in [2.24, 2.45) is 5.92 Å². The van der Waals surface area contributed by atoms with Crippen molar-refractivity contribution in [1.82, 2.24) is 0 Å². The summed E-state index contributed by atoms with van der Waals surface area (Å²) in [4.78, 5) is 24.0. The van der Waals surface area contributed by atoms with Gasteiger partial charge in [-0.05, 0) is 79.2 Å². The molecule has 0 saturated heterocycles. The van der Waals surface area contributed by atoms with Crippen molar-refractivity contribution < 1.29 is 14.3 Å². The molecular formula is C25H28ClNO3. The monoisotopic (exact) mass is 425 g/mol. The molecule has 1 unspecified atom stereocenters. The largest absolute Gasteiger partial charge is 0.467 e. The predicted molar refractivity (Wildman–Crippen MR) is 119 cm³/mol. The average molecular weight is 426 g/mol. The van der Waals surface area contributed by atoms with Gasteiger partial charge in [-0.3, -0.25) is 0 Å². The van der Waals surface area contributed by atoms with E-state index in [1.807, 2.05) is 24.3 Å². The molecule has 1 atom stereocenters. The minimum atomic E-state index is -0.766. The van der Waals surface area contributed by atoms with E-state index in [1.54, 1.807) is 0 Å². The highest BCUT2D eigenvalue weighted by Gasteiger charge is 2.53. The molecule has 2 aromatic rings. The molecule has 2 aliphatic carbocycles. The third kappa shape index (κ3) is 3.62. The van der Waals surface area contributed by atoms with Crippen LogP contribution in [0.3, 0.4) is 0 Å². The van der Waals surface area contributed by atoms with Crippen LogP contribution in [0.2, 0.25) is 5.02 Å². The van der Waals surface area contributed by atoms with Crippen molar-refractivity contribution in [3.05, 3.63) is 64.7 Å². The van der Waals surface area contributed by atoms with Crippen LogP contribution >= 0.6 is 11.6 Å². The molecule has 30 heavy (non-hydrogen) atoms. The topological polar surface area (TPSA) is 55.4 Å². The lowest BCUT2D eigenvalue weighted by Gasteiger charge is -2.47. The lowest BCUT2D eigenvalue weighted by molar-refractivity contribution is -0.148. The number of rotatable bonds is 6. The van der Waals surface area contributed by atoms with E-state index >= 15 is 0 Å². The molecule has 2 aromatic carbocycles. The molecule has 0 aliphatic heterocycles. The number of methoxy groups -OCH3 is 1. The molecule has 1 fully saturated rings. The van der Waals surface area contributed by atoms with Gasteiger partial charge >= 0.3 is 5.97 Å². The van der Waals surface area contributed by atoms with Gasteiger partial charge in [-0.1, -0.05) is 41.9 Å². The molecule has 1 spiro atoms. The summed E-state index contributed by atoms with van der Waals surface area (Å²) in [6.45, 7) is 0. The Hall–Kier alpha value is -2.33. The summed E-state index contributed by atoms with van der Waals surface area (Å²) >= 11 is 6.16. The van der Waals surface area contributed by atoms with Crippen LogP contribution in [0, 0.1) is 5.92 Å². The second-order valence-corrected chi connectivity index (χ2v) is 9.10. The van der Waals surface area contributed by atoms with Gasteiger partial charge in [0.15, 0.2) is 0 Å². The van der Waals surface area contributed by atoms with Crippen molar-refractivity contribution in [2.75, 3.05) is 12.4 Å². The predicted octanol–water partition coefficient (Wildman–Crippen LogP) is 5.33. The first kappa shape index (κ1) is 20.9. The second-order valence-electron chi connectivity index (χ2n) is 8.67. The van der Waals surface area contributed by atoms with Gasteiger partial charge in [-0.15, -0.1) is 0 Å². The summed E-state index contributed by atoms with van der Waals surface area (Å²) in [5, 5.41) is 4.09. The minimum absolute atomic E-state index is 0.0210. The number of nitrogens with one attached hydrogen (secondary N) is 1. The van der Waals surface area contributed by atoms with E-state index in [0.717, 1.165) is 37.7 Å². The molecule has 5 heteroatoms. The summed E-state index contributed by atoms with van der Waals surface area (Å²) in [6, 6.07) is 16.1. The Bertz CT molecular complexity index is 933. The lowest BCUT2D eigenvalue weighted by Crippen LogP contribution is -2.53. The molecule has 4 nitrogen and oxygen atoms in total. The van der Waals surface area contributed by atoms with E-state index in [1.165, 1.54) is 18.2 Å². The fourth-order valence-corrected chi connectivity index (χ4v) is 5.92. The summed E-state index contributed by atoms with van der Waals surface area (Å²) < 4.78 is 5.23. The number of hydrogen-bond acceptors (Lipinski definition) is 4. The molecule has 2 aliphatic rings. The molecule has 1 N–H and O–H groups in total. The molecule has 158 valence electrons. The van der Waals surface area contributed by atoms with Gasteiger partial charge in [0.05, 0.1) is 7.11 Å². The summed E-state index contributed by atoms with van der Waals surface area (Å²) in [6.07, 6.45) is 6.65. The van der Waals surface area contributed by atoms with E-state index in [2.05, 4.69) is 29.6 Å². The number of fused-ring (bicyclic) bond motifs is 2. The van der Waals surface area contributed by atoms with E-state index in [4.69, 9.17) is 16.3 Å². The maximum Gasteiger partial charge on any atom is 0.331 e. The molecule has 0 radical (unpaired) electrons. The van der Waals surface area contributed by atoms with Crippen LogP contribution in [-0.4, -0.2) is 24.9 Å². The first-order valence-electron chi connectivity index (χ1n) is 10.7. The zero-order valence-corrected chi connectivity index (χ0v) is 18.1. The Morgan fingerprint density at radius 3 is 2.63 bits per heavy atom. The highest BCUT2D eigenvalue weighted by Crippen LogP contribution is 2.55. The molecule has 0 amide bonds. The summed E-state index contributed by atoms with van der Waals surface area (Å²) in [5.74, 6) is 0.204. The molecule has 0 heterocycles. The number of benzene rings is 2. The van der Waals surface area contributed by atoms with E-state index in [9.17, 15) is 9.59 Å².